The van der Waals surface area contributed by atoms with Crippen LogP contribution in [0.2, 0.25) is 0 Å². The van der Waals surface area contributed by atoms with Gasteiger partial charge in [0.15, 0.2) is 0 Å². The number of aromatic amines is 2. The minimum atomic E-state index is -0.124. The Labute approximate surface area is 149 Å². The number of rotatable bonds is 8. The number of aryl methyl sites for hydroxylation is 1. The summed E-state index contributed by atoms with van der Waals surface area (Å²) in [5.41, 5.74) is 3.68. The van der Waals surface area contributed by atoms with Gasteiger partial charge < -0.3 is 10.3 Å². The van der Waals surface area contributed by atoms with E-state index in [2.05, 4.69) is 30.2 Å². The van der Waals surface area contributed by atoms with Gasteiger partial charge in [-0.15, -0.1) is 0 Å². The van der Waals surface area contributed by atoms with Crippen molar-refractivity contribution < 1.29 is 0 Å². The molecule has 0 atom stereocenters. The van der Waals surface area contributed by atoms with Gasteiger partial charge in [0.1, 0.15) is 0 Å². The highest BCUT2D eigenvalue weighted by atomic mass is 32.2. The Hall–Kier alpha value is -2.61. The van der Waals surface area contributed by atoms with Crippen molar-refractivity contribution in [3.63, 3.8) is 0 Å². The van der Waals surface area contributed by atoms with Gasteiger partial charge in [-0.05, 0) is 18.6 Å². The first-order valence-corrected chi connectivity index (χ1v) is 9.15. The largest absolute Gasteiger partial charge is 0.355 e. The number of hydrogen-bond donors (Lipinski definition) is 3. The molecule has 8 heteroatoms. The zero-order chi connectivity index (χ0) is 17.5. The Balaban J connectivity index is 1.46. The van der Waals surface area contributed by atoms with Gasteiger partial charge in [-0.25, -0.2) is 9.97 Å². The van der Waals surface area contributed by atoms with Crippen LogP contribution in [-0.2, 0) is 12.2 Å². The molecular weight excluding hydrogens is 336 g/mol. The van der Waals surface area contributed by atoms with Crippen LogP contribution in [0.4, 0.5) is 5.95 Å². The smallest absolute Gasteiger partial charge is 0.255 e. The fourth-order valence-electron chi connectivity index (χ4n) is 2.30. The van der Waals surface area contributed by atoms with Crippen LogP contribution in [0.15, 0.2) is 41.8 Å². The Morgan fingerprint density at radius 2 is 2.20 bits per heavy atom. The Morgan fingerprint density at radius 3 is 2.92 bits per heavy atom. The van der Waals surface area contributed by atoms with E-state index >= 15 is 0 Å². The summed E-state index contributed by atoms with van der Waals surface area (Å²) < 4.78 is 0. The van der Waals surface area contributed by atoms with Crippen molar-refractivity contribution in [3.05, 3.63) is 69.9 Å². The summed E-state index contributed by atoms with van der Waals surface area (Å²) in [6.45, 7) is 2.74. The number of nitrogens with one attached hydrogen (secondary N) is 3. The summed E-state index contributed by atoms with van der Waals surface area (Å²) in [5.74, 6) is 2.26. The third-order valence-corrected chi connectivity index (χ3v) is 4.67. The molecule has 0 spiro atoms. The van der Waals surface area contributed by atoms with E-state index in [1.165, 1.54) is 0 Å². The van der Waals surface area contributed by atoms with E-state index in [0.717, 1.165) is 35.0 Å². The lowest BCUT2D eigenvalue weighted by atomic mass is 10.1. The van der Waals surface area contributed by atoms with Gasteiger partial charge in [0, 0.05) is 54.3 Å². The lowest BCUT2D eigenvalue weighted by Gasteiger charge is -2.06. The van der Waals surface area contributed by atoms with Crippen LogP contribution in [0.5, 0.6) is 0 Å². The molecule has 0 aliphatic carbocycles. The highest BCUT2D eigenvalue weighted by Gasteiger charge is 2.05. The third kappa shape index (κ3) is 4.93. The minimum absolute atomic E-state index is 0.124. The molecule has 0 unspecified atom stereocenters. The van der Waals surface area contributed by atoms with E-state index in [0.29, 0.717) is 17.9 Å². The highest BCUT2D eigenvalue weighted by Crippen LogP contribution is 2.12. The predicted molar refractivity (Wildman–Crippen MR) is 99.9 cm³/mol. The number of imidazole rings is 1. The summed E-state index contributed by atoms with van der Waals surface area (Å²) in [5, 5.41) is 3.14. The van der Waals surface area contributed by atoms with Gasteiger partial charge in [0.2, 0.25) is 5.95 Å². The van der Waals surface area contributed by atoms with Crippen LogP contribution >= 0.6 is 11.8 Å². The zero-order valence-electron chi connectivity index (χ0n) is 14.0. The van der Waals surface area contributed by atoms with Crippen molar-refractivity contribution in [1.29, 1.82) is 0 Å². The number of thioether (sulfide) groups is 1. The van der Waals surface area contributed by atoms with Crippen LogP contribution in [0, 0.1) is 6.92 Å². The molecule has 25 heavy (non-hydrogen) atoms. The normalized spacial score (nSPS) is 10.8. The molecule has 0 aliphatic heterocycles. The summed E-state index contributed by atoms with van der Waals surface area (Å²) in [4.78, 5) is 30.6. The van der Waals surface area contributed by atoms with Crippen molar-refractivity contribution in [1.82, 2.24) is 24.9 Å². The molecule has 0 fully saturated rings. The van der Waals surface area contributed by atoms with Crippen LogP contribution in [-0.4, -0.2) is 37.2 Å². The van der Waals surface area contributed by atoms with Gasteiger partial charge in [-0.1, -0.05) is 6.07 Å². The molecule has 3 rings (SSSR count). The molecule has 7 nitrogen and oxygen atoms in total. The van der Waals surface area contributed by atoms with E-state index in [4.69, 9.17) is 0 Å². The van der Waals surface area contributed by atoms with Crippen LogP contribution < -0.4 is 10.9 Å². The fraction of sp³-hybridized carbons (Fsp3) is 0.294. The quantitative estimate of drug-likeness (QED) is 0.535. The van der Waals surface area contributed by atoms with Crippen molar-refractivity contribution in [2.24, 2.45) is 0 Å². The van der Waals surface area contributed by atoms with Crippen LogP contribution in [0.3, 0.4) is 0 Å². The monoisotopic (exact) mass is 356 g/mol. The molecular formula is C17H20N6OS. The van der Waals surface area contributed by atoms with E-state index in [1.807, 2.05) is 19.1 Å². The Kier molecular flexibility index (Phi) is 5.84. The fourth-order valence-corrected chi connectivity index (χ4v) is 3.18. The second-order valence-corrected chi connectivity index (χ2v) is 6.68. The minimum Gasteiger partial charge on any atom is -0.355 e. The van der Waals surface area contributed by atoms with E-state index in [1.54, 1.807) is 36.7 Å². The number of aromatic nitrogens is 5. The molecule has 0 radical (unpaired) electrons. The molecule has 130 valence electrons. The third-order valence-electron chi connectivity index (χ3n) is 3.70. The maximum atomic E-state index is 12.2. The molecule has 3 aromatic heterocycles. The lowest BCUT2D eigenvalue weighted by molar-refractivity contribution is 1.00. The van der Waals surface area contributed by atoms with Gasteiger partial charge in [-0.2, -0.15) is 11.8 Å². The van der Waals surface area contributed by atoms with E-state index < -0.39 is 0 Å². The molecule has 3 aromatic rings. The second-order valence-electron chi connectivity index (χ2n) is 5.58. The molecule has 0 aromatic carbocycles. The zero-order valence-corrected chi connectivity index (χ0v) is 14.8. The maximum absolute atomic E-state index is 12.2. The topological polar surface area (TPSA) is 99.3 Å². The molecule has 3 heterocycles. The first kappa shape index (κ1) is 17.2. The van der Waals surface area contributed by atoms with E-state index in [-0.39, 0.29) is 5.56 Å². The average molecular weight is 356 g/mol. The van der Waals surface area contributed by atoms with Crippen LogP contribution in [0.25, 0.3) is 0 Å². The Bertz CT molecular complexity index is 861. The van der Waals surface area contributed by atoms with Crippen molar-refractivity contribution in [2.45, 2.75) is 19.1 Å². The Morgan fingerprint density at radius 1 is 1.28 bits per heavy atom. The summed E-state index contributed by atoms with van der Waals surface area (Å²) >= 11 is 1.78. The second kappa shape index (κ2) is 8.48. The van der Waals surface area contributed by atoms with Gasteiger partial charge in [0.05, 0.1) is 12.0 Å². The average Bonchev–Trinajstić information content (AvgIpc) is 3.03. The molecule has 0 amide bonds. The molecule has 0 saturated heterocycles. The van der Waals surface area contributed by atoms with Gasteiger partial charge in [-0.3, -0.25) is 14.8 Å². The van der Waals surface area contributed by atoms with Gasteiger partial charge >= 0.3 is 0 Å². The first-order valence-electron chi connectivity index (χ1n) is 8.00. The molecule has 0 bridgehead atoms. The maximum Gasteiger partial charge on any atom is 0.255 e. The molecule has 3 N–H and O–H groups in total. The summed E-state index contributed by atoms with van der Waals surface area (Å²) in [6.07, 6.45) is 7.32. The highest BCUT2D eigenvalue weighted by molar-refractivity contribution is 7.98. The number of anilines is 1. The molecule has 0 saturated carbocycles. The summed E-state index contributed by atoms with van der Waals surface area (Å²) in [7, 11) is 0. The van der Waals surface area contributed by atoms with Crippen LogP contribution in [0.1, 0.15) is 22.5 Å². The van der Waals surface area contributed by atoms with Crippen molar-refractivity contribution in [3.8, 4) is 0 Å². The predicted octanol–water partition coefficient (Wildman–Crippen LogP) is 2.13. The van der Waals surface area contributed by atoms with E-state index in [9.17, 15) is 4.79 Å². The van der Waals surface area contributed by atoms with Gasteiger partial charge in [0.25, 0.3) is 5.56 Å². The number of nitrogens with zero attached hydrogens (tertiary/aromatic N) is 3. The standard InChI is InChI=1S/C17H20N6OS/c1-12-15(22-11-21-12)10-25-6-5-19-17-20-9-14(16(24)23-17)7-13-3-2-4-18-8-13/h2-4,8-9,11H,5-7,10H2,1H3,(H,21,22)(H2,19,20,23,24). The number of pyridine rings is 1. The van der Waals surface area contributed by atoms with Crippen molar-refractivity contribution >= 4 is 17.7 Å². The van der Waals surface area contributed by atoms with Crippen molar-refractivity contribution in [2.75, 3.05) is 17.6 Å². The number of H-pyrrole nitrogens is 2. The molecule has 0 aliphatic rings. The SMILES string of the molecule is Cc1[nH]cnc1CSCCNc1ncc(Cc2cccnc2)c(=O)[nH]1. The lowest BCUT2D eigenvalue weighted by Crippen LogP contribution is -2.18. The first-order chi connectivity index (χ1) is 12.2. The number of hydrogen-bond acceptors (Lipinski definition) is 6. The summed E-state index contributed by atoms with van der Waals surface area (Å²) in [6, 6.07) is 3.80.